The molecule has 2 aromatic carbocycles. The molecule has 1 amide bonds. The Kier molecular flexibility index (Phi) is 5.06. The van der Waals surface area contributed by atoms with Gasteiger partial charge in [-0.15, -0.1) is 0 Å². The van der Waals surface area contributed by atoms with Gasteiger partial charge in [-0.05, 0) is 42.1 Å². The molecular weight excluding hydrogens is 358 g/mol. The van der Waals surface area contributed by atoms with Crippen LogP contribution in [0.5, 0.6) is 5.75 Å². The summed E-state index contributed by atoms with van der Waals surface area (Å²) in [5, 5.41) is 11.6. The molecule has 0 spiro atoms. The van der Waals surface area contributed by atoms with Gasteiger partial charge in [0, 0.05) is 16.6 Å². The van der Waals surface area contributed by atoms with Gasteiger partial charge in [0.15, 0.2) is 0 Å². The third-order valence-electron chi connectivity index (χ3n) is 2.63. The molecule has 2 aromatic rings. The lowest BCUT2D eigenvalue weighted by Crippen LogP contribution is -2.12. The molecule has 2 N–H and O–H groups in total. The van der Waals surface area contributed by atoms with E-state index < -0.39 is 23.0 Å². The van der Waals surface area contributed by atoms with Crippen molar-refractivity contribution in [1.29, 1.82) is 0 Å². The lowest BCUT2D eigenvalue weighted by Gasteiger charge is -2.09. The summed E-state index contributed by atoms with van der Waals surface area (Å²) in [4.78, 5) is 11.9. The van der Waals surface area contributed by atoms with E-state index in [4.69, 9.17) is 11.6 Å². The van der Waals surface area contributed by atoms with Gasteiger partial charge >= 0.3 is 5.51 Å². The van der Waals surface area contributed by atoms with Gasteiger partial charge in [0.2, 0.25) is 0 Å². The molecule has 0 aliphatic rings. The highest BCUT2D eigenvalue weighted by Crippen LogP contribution is 2.37. The van der Waals surface area contributed by atoms with Crippen molar-refractivity contribution < 1.29 is 27.5 Å². The van der Waals surface area contributed by atoms with E-state index in [-0.39, 0.29) is 32.9 Å². The second-order valence-electron chi connectivity index (χ2n) is 4.31. The number of halogens is 5. The molecule has 0 bridgehead atoms. The lowest BCUT2D eigenvalue weighted by atomic mass is 10.1. The fraction of sp³-hybridized carbons (Fsp3) is 0.0714. The summed E-state index contributed by atoms with van der Waals surface area (Å²) < 4.78 is 49.7. The van der Waals surface area contributed by atoms with Crippen LogP contribution in [-0.4, -0.2) is 16.5 Å². The molecule has 0 saturated heterocycles. The zero-order valence-corrected chi connectivity index (χ0v) is 12.7. The summed E-state index contributed by atoms with van der Waals surface area (Å²) in [5.41, 5.74) is -4.45. The Balaban J connectivity index is 2.13. The molecule has 122 valence electrons. The highest BCUT2D eigenvalue weighted by molar-refractivity contribution is 8.00. The number of alkyl halides is 3. The maximum absolute atomic E-state index is 13.1. The van der Waals surface area contributed by atoms with Crippen LogP contribution < -0.4 is 5.32 Å². The minimum atomic E-state index is -4.40. The average Bonchev–Trinajstić information content (AvgIpc) is 2.43. The van der Waals surface area contributed by atoms with Crippen molar-refractivity contribution in [2.45, 2.75) is 10.4 Å². The van der Waals surface area contributed by atoms with Gasteiger partial charge < -0.3 is 10.4 Å². The van der Waals surface area contributed by atoms with E-state index in [0.717, 1.165) is 6.07 Å². The number of amides is 1. The largest absolute Gasteiger partial charge is 0.507 e. The number of nitrogens with one attached hydrogen (secondary N) is 1. The van der Waals surface area contributed by atoms with E-state index in [9.17, 15) is 27.5 Å². The van der Waals surface area contributed by atoms with Gasteiger partial charge in [0.25, 0.3) is 5.91 Å². The van der Waals surface area contributed by atoms with Crippen LogP contribution in [0.3, 0.4) is 0 Å². The van der Waals surface area contributed by atoms with Crippen molar-refractivity contribution in [2.24, 2.45) is 0 Å². The number of carbonyl (C=O) groups excluding carboxylic acids is 1. The number of hydrogen-bond acceptors (Lipinski definition) is 3. The number of phenols is 1. The summed E-state index contributed by atoms with van der Waals surface area (Å²) in [6, 6.07) is 6.56. The number of carbonyl (C=O) groups is 1. The molecule has 3 nitrogen and oxygen atoms in total. The molecule has 0 aliphatic heterocycles. The fourth-order valence-electron chi connectivity index (χ4n) is 1.66. The molecule has 0 heterocycles. The average molecular weight is 366 g/mol. The van der Waals surface area contributed by atoms with Crippen molar-refractivity contribution in [3.05, 3.63) is 52.8 Å². The molecule has 2 rings (SSSR count). The minimum Gasteiger partial charge on any atom is -0.507 e. The normalized spacial score (nSPS) is 11.3. The molecular formula is C14H8ClF4NO2S. The molecule has 0 aliphatic carbocycles. The smallest absolute Gasteiger partial charge is 0.446 e. The monoisotopic (exact) mass is 365 g/mol. The van der Waals surface area contributed by atoms with Gasteiger partial charge in [-0.1, -0.05) is 11.6 Å². The van der Waals surface area contributed by atoms with Gasteiger partial charge in [0.1, 0.15) is 11.6 Å². The quantitative estimate of drug-likeness (QED) is 0.591. The number of benzene rings is 2. The Hall–Kier alpha value is -1.93. The van der Waals surface area contributed by atoms with Crippen molar-refractivity contribution in [1.82, 2.24) is 0 Å². The van der Waals surface area contributed by atoms with E-state index >= 15 is 0 Å². The molecule has 0 saturated carbocycles. The van der Waals surface area contributed by atoms with Gasteiger partial charge in [-0.3, -0.25) is 4.79 Å². The Morgan fingerprint density at radius 1 is 1.17 bits per heavy atom. The Labute approximate surface area is 137 Å². The van der Waals surface area contributed by atoms with Crippen LogP contribution in [0.25, 0.3) is 0 Å². The first kappa shape index (κ1) is 17.4. The predicted molar refractivity (Wildman–Crippen MR) is 79.4 cm³/mol. The molecule has 0 fully saturated rings. The Bertz CT molecular complexity index is 735. The highest BCUT2D eigenvalue weighted by Gasteiger charge is 2.29. The minimum absolute atomic E-state index is 0.0387. The molecule has 23 heavy (non-hydrogen) atoms. The summed E-state index contributed by atoms with van der Waals surface area (Å²) in [7, 11) is 0. The van der Waals surface area contributed by atoms with E-state index in [1.807, 2.05) is 0 Å². The maximum Gasteiger partial charge on any atom is 0.446 e. The Morgan fingerprint density at radius 3 is 2.35 bits per heavy atom. The summed E-state index contributed by atoms with van der Waals surface area (Å²) >= 11 is 5.26. The van der Waals surface area contributed by atoms with Crippen molar-refractivity contribution >= 4 is 35.0 Å². The highest BCUT2D eigenvalue weighted by atomic mass is 35.5. The number of thioether (sulfide) groups is 1. The standard InChI is InChI=1S/C14H8ClF4NO2S/c15-10-5-9(12(21)6-11(10)16)13(22)20-7-1-3-8(4-2-7)23-14(17,18)19/h1-6,21H,(H,20,22). The van der Waals surface area contributed by atoms with E-state index in [1.165, 1.54) is 24.3 Å². The number of phenolic OH excluding ortho intramolecular Hbond substituents is 1. The lowest BCUT2D eigenvalue weighted by molar-refractivity contribution is -0.0328. The van der Waals surface area contributed by atoms with Crippen LogP contribution in [0.15, 0.2) is 41.3 Å². The van der Waals surface area contributed by atoms with E-state index in [1.54, 1.807) is 0 Å². The molecule has 0 radical (unpaired) electrons. The third kappa shape index (κ3) is 4.77. The van der Waals surface area contributed by atoms with Crippen LogP contribution in [0, 0.1) is 5.82 Å². The Morgan fingerprint density at radius 2 is 1.78 bits per heavy atom. The molecule has 0 aromatic heterocycles. The third-order valence-corrected chi connectivity index (χ3v) is 3.66. The van der Waals surface area contributed by atoms with E-state index in [0.29, 0.717) is 6.07 Å². The van der Waals surface area contributed by atoms with E-state index in [2.05, 4.69) is 5.32 Å². The molecule has 9 heteroatoms. The van der Waals surface area contributed by atoms with Gasteiger partial charge in [-0.25, -0.2) is 4.39 Å². The number of rotatable bonds is 3. The van der Waals surface area contributed by atoms with Crippen LogP contribution >= 0.6 is 23.4 Å². The maximum atomic E-state index is 13.1. The van der Waals surface area contributed by atoms with Crippen LogP contribution in [0.4, 0.5) is 23.2 Å². The first-order valence-corrected chi connectivity index (χ1v) is 7.20. The topological polar surface area (TPSA) is 49.3 Å². The van der Waals surface area contributed by atoms with Crippen LogP contribution in [-0.2, 0) is 0 Å². The van der Waals surface area contributed by atoms with Crippen LogP contribution in [0.1, 0.15) is 10.4 Å². The number of aromatic hydroxyl groups is 1. The summed E-state index contributed by atoms with van der Waals surface area (Å²) in [5.74, 6) is -2.26. The van der Waals surface area contributed by atoms with Crippen LogP contribution in [0.2, 0.25) is 5.02 Å². The SMILES string of the molecule is O=C(Nc1ccc(SC(F)(F)F)cc1)c1cc(Cl)c(F)cc1O. The molecule has 0 unspecified atom stereocenters. The number of hydrogen-bond donors (Lipinski definition) is 2. The van der Waals surface area contributed by atoms with Gasteiger partial charge in [0.05, 0.1) is 10.6 Å². The van der Waals surface area contributed by atoms with Crippen molar-refractivity contribution in [3.8, 4) is 5.75 Å². The summed E-state index contributed by atoms with van der Waals surface area (Å²) in [6.45, 7) is 0. The number of anilines is 1. The second kappa shape index (κ2) is 6.67. The van der Waals surface area contributed by atoms with Crippen molar-refractivity contribution in [3.63, 3.8) is 0 Å². The zero-order valence-electron chi connectivity index (χ0n) is 11.1. The second-order valence-corrected chi connectivity index (χ2v) is 5.86. The molecule has 0 atom stereocenters. The zero-order chi connectivity index (χ0) is 17.2. The van der Waals surface area contributed by atoms with Crippen molar-refractivity contribution in [2.75, 3.05) is 5.32 Å². The fourth-order valence-corrected chi connectivity index (χ4v) is 2.36. The van der Waals surface area contributed by atoms with Gasteiger partial charge in [-0.2, -0.15) is 13.2 Å². The summed E-state index contributed by atoms with van der Waals surface area (Å²) in [6.07, 6.45) is 0. The first-order chi connectivity index (χ1) is 10.7. The predicted octanol–water partition coefficient (Wildman–Crippen LogP) is 5.05. The first-order valence-electron chi connectivity index (χ1n) is 6.01.